The number of pyridine rings is 1. The Morgan fingerprint density at radius 2 is 1.69 bits per heavy atom. The van der Waals surface area contributed by atoms with Crippen LogP contribution in [0, 0.1) is 6.92 Å². The highest BCUT2D eigenvalue weighted by Gasteiger charge is 2.38. The molecule has 128 valence electrons. The summed E-state index contributed by atoms with van der Waals surface area (Å²) in [5, 5.41) is 4.79. The summed E-state index contributed by atoms with van der Waals surface area (Å²) in [5.41, 5.74) is 6.95. The summed E-state index contributed by atoms with van der Waals surface area (Å²) >= 11 is 0. The Morgan fingerprint density at radius 1 is 0.962 bits per heavy atom. The summed E-state index contributed by atoms with van der Waals surface area (Å²) in [6.45, 7) is 6.49. The Hall–Kier alpha value is -3.08. The molecule has 3 heterocycles. The molecule has 0 spiro atoms. The monoisotopic (exact) mass is 341 g/mol. The number of rotatable bonds is 1. The van der Waals surface area contributed by atoms with Crippen molar-refractivity contribution in [3.05, 3.63) is 65.7 Å². The van der Waals surface area contributed by atoms with Crippen molar-refractivity contribution in [1.29, 1.82) is 0 Å². The van der Waals surface area contributed by atoms with Crippen LogP contribution >= 0.6 is 0 Å². The van der Waals surface area contributed by atoms with Crippen LogP contribution in [-0.4, -0.2) is 24.7 Å². The van der Waals surface area contributed by atoms with E-state index in [2.05, 4.69) is 18.8 Å². The first-order valence-electron chi connectivity index (χ1n) is 8.82. The molecule has 0 saturated heterocycles. The number of hydrogen-bond donors (Lipinski definition) is 0. The van der Waals surface area contributed by atoms with Crippen LogP contribution < -0.4 is 0 Å². The van der Waals surface area contributed by atoms with E-state index in [0.717, 1.165) is 51.6 Å². The average Bonchev–Trinajstić information content (AvgIpc) is 2.97. The minimum Gasteiger partial charge on any atom is -0.248 e. The predicted molar refractivity (Wildman–Crippen MR) is 101 cm³/mol. The molecule has 5 nitrogen and oxygen atoms in total. The fraction of sp³-hybridized carbons (Fsp3) is 0.238. The van der Waals surface area contributed by atoms with Crippen LogP contribution in [0.25, 0.3) is 28.1 Å². The summed E-state index contributed by atoms with van der Waals surface area (Å²) in [6.07, 6.45) is 2.65. The number of fused-ring (bicyclic) bond motifs is 4. The molecule has 1 aromatic carbocycles. The third-order valence-electron chi connectivity index (χ3n) is 5.08. The molecule has 26 heavy (non-hydrogen) atoms. The fourth-order valence-corrected chi connectivity index (χ4v) is 3.86. The standard InChI is InChI=1S/C21H19N5/c1-13-18-16(26(25-13)17-10-6-7-11-22-17)12-21(2,3)20-19(18)23-14-8-4-5-9-15(14)24-20/h4-11H,12H2,1-3H3. The van der Waals surface area contributed by atoms with Crippen molar-refractivity contribution in [3.63, 3.8) is 0 Å². The Morgan fingerprint density at radius 3 is 2.42 bits per heavy atom. The number of benzene rings is 1. The van der Waals surface area contributed by atoms with Crippen LogP contribution in [0.3, 0.4) is 0 Å². The van der Waals surface area contributed by atoms with Crippen molar-refractivity contribution < 1.29 is 0 Å². The largest absolute Gasteiger partial charge is 0.248 e. The van der Waals surface area contributed by atoms with Crippen molar-refractivity contribution in [2.24, 2.45) is 0 Å². The summed E-state index contributed by atoms with van der Waals surface area (Å²) < 4.78 is 1.96. The first-order valence-corrected chi connectivity index (χ1v) is 8.82. The maximum absolute atomic E-state index is 4.98. The minimum atomic E-state index is -0.127. The van der Waals surface area contributed by atoms with Crippen molar-refractivity contribution in [3.8, 4) is 17.1 Å². The molecule has 0 saturated carbocycles. The lowest BCUT2D eigenvalue weighted by atomic mass is 9.76. The normalized spacial score (nSPS) is 14.9. The molecule has 0 bridgehead atoms. The lowest BCUT2D eigenvalue weighted by Gasteiger charge is -2.31. The Balaban J connectivity index is 1.84. The lowest BCUT2D eigenvalue weighted by molar-refractivity contribution is 0.485. The fourth-order valence-electron chi connectivity index (χ4n) is 3.86. The van der Waals surface area contributed by atoms with E-state index in [-0.39, 0.29) is 5.41 Å². The zero-order valence-electron chi connectivity index (χ0n) is 15.1. The van der Waals surface area contributed by atoms with E-state index in [1.807, 2.05) is 54.1 Å². The molecule has 0 aliphatic heterocycles. The Bertz CT molecular complexity index is 1140. The average molecular weight is 341 g/mol. The third-order valence-corrected chi connectivity index (χ3v) is 5.08. The van der Waals surface area contributed by atoms with Crippen molar-refractivity contribution >= 4 is 11.0 Å². The molecular formula is C21H19N5. The van der Waals surface area contributed by atoms with Crippen molar-refractivity contribution in [1.82, 2.24) is 24.7 Å². The number of aryl methyl sites for hydroxylation is 1. The van der Waals surface area contributed by atoms with E-state index in [0.29, 0.717) is 0 Å². The van der Waals surface area contributed by atoms with Gasteiger partial charge in [-0.25, -0.2) is 19.6 Å². The molecule has 0 atom stereocenters. The molecule has 3 aromatic heterocycles. The molecule has 1 aliphatic rings. The van der Waals surface area contributed by atoms with E-state index in [1.165, 1.54) is 0 Å². The summed E-state index contributed by atoms with van der Waals surface area (Å²) in [6, 6.07) is 13.9. The van der Waals surface area contributed by atoms with Gasteiger partial charge in [0.2, 0.25) is 0 Å². The summed E-state index contributed by atoms with van der Waals surface area (Å²) in [4.78, 5) is 14.4. The molecule has 0 radical (unpaired) electrons. The van der Waals surface area contributed by atoms with Gasteiger partial charge in [-0.3, -0.25) is 0 Å². The van der Waals surface area contributed by atoms with Gasteiger partial charge in [-0.05, 0) is 31.2 Å². The summed E-state index contributed by atoms with van der Waals surface area (Å²) in [5.74, 6) is 0.838. The SMILES string of the molecule is Cc1nn(-c2ccccn2)c2c1-c1nc3ccccc3nc1C(C)(C)C2. The highest BCUT2D eigenvalue weighted by molar-refractivity contribution is 5.81. The highest BCUT2D eigenvalue weighted by Crippen LogP contribution is 2.43. The van der Waals surface area contributed by atoms with Gasteiger partial charge in [-0.15, -0.1) is 0 Å². The zero-order chi connectivity index (χ0) is 17.9. The second-order valence-corrected chi connectivity index (χ2v) is 7.48. The molecule has 5 heteroatoms. The third kappa shape index (κ3) is 2.10. The van der Waals surface area contributed by atoms with Gasteiger partial charge in [-0.2, -0.15) is 5.10 Å². The van der Waals surface area contributed by atoms with Crippen LogP contribution in [0.4, 0.5) is 0 Å². The second-order valence-electron chi connectivity index (χ2n) is 7.48. The number of hydrogen-bond acceptors (Lipinski definition) is 4. The van der Waals surface area contributed by atoms with Gasteiger partial charge in [0.25, 0.3) is 0 Å². The van der Waals surface area contributed by atoms with Gasteiger partial charge >= 0.3 is 0 Å². The Labute approximate surface area is 151 Å². The van der Waals surface area contributed by atoms with Crippen LogP contribution in [0.5, 0.6) is 0 Å². The van der Waals surface area contributed by atoms with E-state index in [4.69, 9.17) is 15.1 Å². The first-order chi connectivity index (χ1) is 12.5. The first kappa shape index (κ1) is 15.2. The molecule has 0 unspecified atom stereocenters. The van der Waals surface area contributed by atoms with Crippen LogP contribution in [0.1, 0.15) is 30.9 Å². The van der Waals surface area contributed by atoms with Crippen molar-refractivity contribution in [2.45, 2.75) is 32.6 Å². The molecule has 0 amide bonds. The second kappa shape index (κ2) is 5.21. The van der Waals surface area contributed by atoms with Gasteiger partial charge in [0.1, 0.15) is 0 Å². The molecule has 0 fully saturated rings. The molecule has 5 rings (SSSR count). The van der Waals surface area contributed by atoms with Gasteiger partial charge in [0, 0.05) is 23.6 Å². The highest BCUT2D eigenvalue weighted by atomic mass is 15.3. The van der Waals surface area contributed by atoms with Crippen LogP contribution in [0.2, 0.25) is 0 Å². The van der Waals surface area contributed by atoms with E-state index >= 15 is 0 Å². The lowest BCUT2D eigenvalue weighted by Crippen LogP contribution is -2.29. The van der Waals surface area contributed by atoms with Crippen LogP contribution in [0.15, 0.2) is 48.7 Å². The maximum Gasteiger partial charge on any atom is 0.153 e. The number of nitrogens with zero attached hydrogens (tertiary/aromatic N) is 5. The quantitative estimate of drug-likeness (QED) is 0.525. The molecule has 1 aliphatic carbocycles. The maximum atomic E-state index is 4.98. The van der Waals surface area contributed by atoms with Crippen LogP contribution in [-0.2, 0) is 11.8 Å². The van der Waals surface area contributed by atoms with Crippen molar-refractivity contribution in [2.75, 3.05) is 0 Å². The topological polar surface area (TPSA) is 56.5 Å². The van der Waals surface area contributed by atoms with E-state index in [9.17, 15) is 0 Å². The smallest absolute Gasteiger partial charge is 0.153 e. The van der Waals surface area contributed by atoms with E-state index in [1.54, 1.807) is 6.20 Å². The number of aromatic nitrogens is 5. The summed E-state index contributed by atoms with van der Waals surface area (Å²) in [7, 11) is 0. The van der Waals surface area contributed by atoms with Gasteiger partial charge in [0.15, 0.2) is 5.82 Å². The predicted octanol–water partition coefficient (Wildman–Crippen LogP) is 4.02. The Kier molecular flexibility index (Phi) is 3.04. The van der Waals surface area contributed by atoms with Gasteiger partial charge in [0.05, 0.1) is 33.8 Å². The number of para-hydroxylation sites is 2. The minimum absolute atomic E-state index is 0.127. The molecule has 0 N–H and O–H groups in total. The molecule has 4 aromatic rings. The van der Waals surface area contributed by atoms with Gasteiger partial charge in [-0.1, -0.05) is 32.0 Å². The molecular weight excluding hydrogens is 322 g/mol. The van der Waals surface area contributed by atoms with Gasteiger partial charge < -0.3 is 0 Å². The van der Waals surface area contributed by atoms with E-state index < -0.39 is 0 Å². The zero-order valence-corrected chi connectivity index (χ0v) is 15.1.